The summed E-state index contributed by atoms with van der Waals surface area (Å²) < 4.78 is 44.5. The molecule has 0 N–H and O–H groups in total. The van der Waals surface area contributed by atoms with E-state index in [2.05, 4.69) is 4.98 Å². The summed E-state index contributed by atoms with van der Waals surface area (Å²) in [6.45, 7) is 1.66. The molecule has 0 fully saturated rings. The molecular weight excluding hydrogens is 299 g/mol. The average Bonchev–Trinajstić information content (AvgIpc) is 2.66. The standard InChI is InChI=1S/C14H14F3N3O2/c1-13(2,14(15,16)17)12(21)20-3-4-22-11-9(5-18)6-19-7-10(11)8-20/h6-7H,3-4,8H2,1-2H3. The first-order valence-electron chi connectivity index (χ1n) is 6.54. The van der Waals surface area contributed by atoms with Crippen molar-refractivity contribution < 1.29 is 22.7 Å². The lowest BCUT2D eigenvalue weighted by Crippen LogP contribution is -2.49. The first kappa shape index (κ1) is 16.1. The molecule has 0 bridgehead atoms. The van der Waals surface area contributed by atoms with E-state index < -0.39 is 17.5 Å². The molecule has 0 radical (unpaired) electrons. The largest absolute Gasteiger partial charge is 0.490 e. The Kier molecular flexibility index (Phi) is 4.00. The van der Waals surface area contributed by atoms with Gasteiger partial charge in [0.05, 0.1) is 13.1 Å². The molecule has 118 valence electrons. The Hall–Kier alpha value is -2.30. The number of carbonyl (C=O) groups excluding carboxylic acids is 1. The molecule has 0 aromatic carbocycles. The van der Waals surface area contributed by atoms with Crippen LogP contribution in [-0.4, -0.2) is 35.1 Å². The van der Waals surface area contributed by atoms with Crippen molar-refractivity contribution in [2.24, 2.45) is 5.41 Å². The fourth-order valence-electron chi connectivity index (χ4n) is 2.09. The van der Waals surface area contributed by atoms with Crippen molar-refractivity contribution in [2.75, 3.05) is 13.2 Å². The van der Waals surface area contributed by atoms with Gasteiger partial charge in [-0.2, -0.15) is 18.4 Å². The monoisotopic (exact) mass is 313 g/mol. The first-order valence-corrected chi connectivity index (χ1v) is 6.54. The molecule has 0 saturated heterocycles. The van der Waals surface area contributed by atoms with Crippen molar-refractivity contribution in [3.05, 3.63) is 23.5 Å². The molecule has 5 nitrogen and oxygen atoms in total. The van der Waals surface area contributed by atoms with Gasteiger partial charge in [0.2, 0.25) is 5.91 Å². The SMILES string of the molecule is CC(C)(C(=O)N1CCOc2c(C#N)cncc2C1)C(F)(F)F. The Morgan fingerprint density at radius 1 is 1.41 bits per heavy atom. The number of nitrogens with zero attached hydrogens (tertiary/aromatic N) is 3. The molecular formula is C14H14F3N3O2. The van der Waals surface area contributed by atoms with E-state index in [4.69, 9.17) is 10.00 Å². The Labute approximate surface area is 125 Å². The van der Waals surface area contributed by atoms with Crippen LogP contribution in [0.3, 0.4) is 0 Å². The fraction of sp³-hybridized carbons (Fsp3) is 0.500. The highest BCUT2D eigenvalue weighted by molar-refractivity contribution is 5.83. The van der Waals surface area contributed by atoms with Gasteiger partial charge in [0, 0.05) is 18.0 Å². The molecule has 0 atom stereocenters. The van der Waals surface area contributed by atoms with Gasteiger partial charge in [0.1, 0.15) is 29.4 Å². The van der Waals surface area contributed by atoms with E-state index in [1.165, 1.54) is 12.4 Å². The number of hydrogen-bond donors (Lipinski definition) is 0. The van der Waals surface area contributed by atoms with Crippen LogP contribution in [0.5, 0.6) is 5.75 Å². The second kappa shape index (κ2) is 5.48. The summed E-state index contributed by atoms with van der Waals surface area (Å²) in [7, 11) is 0. The Bertz CT molecular complexity index is 635. The van der Waals surface area contributed by atoms with Crippen LogP contribution in [0.2, 0.25) is 0 Å². The number of amides is 1. The van der Waals surface area contributed by atoms with Crippen molar-refractivity contribution in [1.82, 2.24) is 9.88 Å². The summed E-state index contributed by atoms with van der Waals surface area (Å²) in [6, 6.07) is 1.91. The second-order valence-corrected chi connectivity index (χ2v) is 5.49. The van der Waals surface area contributed by atoms with E-state index in [1.807, 2.05) is 6.07 Å². The summed E-state index contributed by atoms with van der Waals surface area (Å²) >= 11 is 0. The van der Waals surface area contributed by atoms with Gasteiger partial charge in [0.15, 0.2) is 0 Å². The highest BCUT2D eigenvalue weighted by Gasteiger charge is 2.54. The zero-order valence-electron chi connectivity index (χ0n) is 12.1. The molecule has 2 heterocycles. The van der Waals surface area contributed by atoms with Crippen molar-refractivity contribution >= 4 is 5.91 Å². The molecule has 0 saturated carbocycles. The van der Waals surface area contributed by atoms with Gasteiger partial charge in [0.25, 0.3) is 0 Å². The van der Waals surface area contributed by atoms with Crippen LogP contribution in [0.15, 0.2) is 12.4 Å². The molecule has 0 unspecified atom stereocenters. The summed E-state index contributed by atoms with van der Waals surface area (Å²) in [6.07, 6.45) is -1.94. The van der Waals surface area contributed by atoms with Crippen LogP contribution >= 0.6 is 0 Å². The summed E-state index contributed by atoms with van der Waals surface area (Å²) in [5.74, 6) is -0.753. The lowest BCUT2D eigenvalue weighted by atomic mass is 9.90. The topological polar surface area (TPSA) is 66.2 Å². The maximum Gasteiger partial charge on any atom is 0.402 e. The number of hydrogen-bond acceptors (Lipinski definition) is 4. The number of ether oxygens (including phenoxy) is 1. The van der Waals surface area contributed by atoms with Crippen LogP contribution in [0, 0.1) is 16.7 Å². The maximum absolute atomic E-state index is 13.0. The molecule has 1 aromatic heterocycles. The molecule has 1 aliphatic rings. The molecule has 0 spiro atoms. The molecule has 1 aromatic rings. The van der Waals surface area contributed by atoms with Crippen LogP contribution < -0.4 is 4.74 Å². The third kappa shape index (κ3) is 2.71. The van der Waals surface area contributed by atoms with E-state index in [-0.39, 0.29) is 31.0 Å². The number of aromatic nitrogens is 1. The third-order valence-corrected chi connectivity index (χ3v) is 3.59. The van der Waals surface area contributed by atoms with E-state index in [0.717, 1.165) is 18.7 Å². The highest BCUT2D eigenvalue weighted by atomic mass is 19.4. The second-order valence-electron chi connectivity index (χ2n) is 5.49. The number of fused-ring (bicyclic) bond motifs is 1. The first-order chi connectivity index (χ1) is 10.2. The minimum Gasteiger partial charge on any atom is -0.490 e. The van der Waals surface area contributed by atoms with Crippen molar-refractivity contribution in [3.8, 4) is 11.8 Å². The number of rotatable bonds is 1. The number of pyridine rings is 1. The normalized spacial score (nSPS) is 15.4. The molecule has 0 aliphatic carbocycles. The van der Waals surface area contributed by atoms with Crippen LogP contribution in [0.4, 0.5) is 13.2 Å². The van der Waals surface area contributed by atoms with E-state index in [1.54, 1.807) is 0 Å². The predicted octanol–water partition coefficient (Wildman–Crippen LogP) is 2.26. The number of halogens is 3. The number of nitriles is 1. The Morgan fingerprint density at radius 3 is 2.68 bits per heavy atom. The molecule has 22 heavy (non-hydrogen) atoms. The van der Waals surface area contributed by atoms with E-state index in [0.29, 0.717) is 5.56 Å². The van der Waals surface area contributed by atoms with Gasteiger partial charge in [-0.25, -0.2) is 0 Å². The van der Waals surface area contributed by atoms with E-state index >= 15 is 0 Å². The van der Waals surface area contributed by atoms with Gasteiger partial charge >= 0.3 is 6.18 Å². The number of alkyl halides is 3. The number of carbonyl (C=O) groups is 1. The molecule has 1 amide bonds. The summed E-state index contributed by atoms with van der Waals surface area (Å²) in [4.78, 5) is 17.2. The average molecular weight is 313 g/mol. The highest BCUT2D eigenvalue weighted by Crippen LogP contribution is 2.40. The predicted molar refractivity (Wildman–Crippen MR) is 69.7 cm³/mol. The van der Waals surface area contributed by atoms with Gasteiger partial charge in [-0.05, 0) is 13.8 Å². The molecule has 8 heteroatoms. The summed E-state index contributed by atoms with van der Waals surface area (Å²) in [5, 5.41) is 9.00. The zero-order chi connectivity index (χ0) is 16.5. The van der Waals surface area contributed by atoms with Crippen LogP contribution in [-0.2, 0) is 11.3 Å². The van der Waals surface area contributed by atoms with Gasteiger partial charge in [-0.1, -0.05) is 0 Å². The third-order valence-electron chi connectivity index (χ3n) is 3.59. The maximum atomic E-state index is 13.0. The van der Waals surface area contributed by atoms with Gasteiger partial charge in [-0.3, -0.25) is 9.78 Å². The summed E-state index contributed by atoms with van der Waals surface area (Å²) in [5.41, 5.74) is -1.87. The quantitative estimate of drug-likeness (QED) is 0.797. The van der Waals surface area contributed by atoms with Crippen LogP contribution in [0.1, 0.15) is 25.0 Å². The van der Waals surface area contributed by atoms with Crippen molar-refractivity contribution in [1.29, 1.82) is 5.26 Å². The Balaban J connectivity index is 2.32. The van der Waals surface area contributed by atoms with Crippen LogP contribution in [0.25, 0.3) is 0 Å². The van der Waals surface area contributed by atoms with Crippen molar-refractivity contribution in [2.45, 2.75) is 26.6 Å². The van der Waals surface area contributed by atoms with Gasteiger partial charge in [-0.15, -0.1) is 0 Å². The van der Waals surface area contributed by atoms with E-state index in [9.17, 15) is 18.0 Å². The minimum absolute atomic E-state index is 0.0118. The smallest absolute Gasteiger partial charge is 0.402 e. The Morgan fingerprint density at radius 2 is 2.09 bits per heavy atom. The van der Waals surface area contributed by atoms with Crippen molar-refractivity contribution in [3.63, 3.8) is 0 Å². The lowest BCUT2D eigenvalue weighted by Gasteiger charge is -2.32. The minimum atomic E-state index is -4.65. The molecule has 1 aliphatic heterocycles. The van der Waals surface area contributed by atoms with Gasteiger partial charge < -0.3 is 9.64 Å². The zero-order valence-corrected chi connectivity index (χ0v) is 12.1. The lowest BCUT2D eigenvalue weighted by molar-refractivity contribution is -0.217. The molecule has 2 rings (SSSR count). The fourth-order valence-corrected chi connectivity index (χ4v) is 2.09.